The fourth-order valence-electron chi connectivity index (χ4n) is 3.95. The Hall–Kier alpha value is -2.13. The molecule has 2 amide bonds. The highest BCUT2D eigenvalue weighted by molar-refractivity contribution is 7.89. The summed E-state index contributed by atoms with van der Waals surface area (Å²) in [5, 5.41) is 0. The van der Waals surface area contributed by atoms with Gasteiger partial charge in [-0.2, -0.15) is 0 Å². The molecule has 0 saturated carbocycles. The predicted molar refractivity (Wildman–Crippen MR) is 108 cm³/mol. The fourth-order valence-corrected chi connectivity index (χ4v) is 5.03. The number of sulfonamides is 1. The molecule has 0 bridgehead atoms. The first-order valence-electron chi connectivity index (χ1n) is 9.97. The lowest BCUT2D eigenvalue weighted by Crippen LogP contribution is -2.52. The SMILES string of the molecule is COc1ccc(C(=O)N2CCCCC2C(=O)N2CCCC2)cc1S(=O)(=O)N(C)C. The first-order valence-corrected chi connectivity index (χ1v) is 11.4. The van der Waals surface area contributed by atoms with Gasteiger partial charge >= 0.3 is 0 Å². The zero-order valence-electron chi connectivity index (χ0n) is 17.3. The van der Waals surface area contributed by atoms with Gasteiger partial charge in [0.15, 0.2) is 0 Å². The number of carbonyl (C=O) groups excluding carboxylic acids is 2. The normalized spacial score (nSPS) is 20.2. The topological polar surface area (TPSA) is 87.2 Å². The summed E-state index contributed by atoms with van der Waals surface area (Å²) in [7, 11) is 0.461. The average molecular weight is 424 g/mol. The van der Waals surface area contributed by atoms with Crippen LogP contribution in [0.15, 0.2) is 23.1 Å². The highest BCUT2D eigenvalue weighted by Crippen LogP contribution is 2.29. The molecule has 1 atom stereocenters. The minimum absolute atomic E-state index is 0.00481. The molecule has 9 heteroatoms. The molecule has 0 aromatic heterocycles. The monoisotopic (exact) mass is 423 g/mol. The number of hydrogen-bond acceptors (Lipinski definition) is 5. The van der Waals surface area contributed by atoms with Crippen LogP contribution in [0.4, 0.5) is 0 Å². The van der Waals surface area contributed by atoms with Crippen molar-refractivity contribution < 1.29 is 22.7 Å². The number of ether oxygens (including phenoxy) is 1. The van der Waals surface area contributed by atoms with Crippen molar-refractivity contribution in [2.75, 3.05) is 40.8 Å². The van der Waals surface area contributed by atoms with Crippen LogP contribution in [0.1, 0.15) is 42.5 Å². The van der Waals surface area contributed by atoms with Crippen LogP contribution in [0, 0.1) is 0 Å². The smallest absolute Gasteiger partial charge is 0.254 e. The maximum atomic E-state index is 13.3. The van der Waals surface area contributed by atoms with Crippen LogP contribution >= 0.6 is 0 Å². The predicted octanol–water partition coefficient (Wildman–Crippen LogP) is 1.56. The number of rotatable bonds is 5. The third-order valence-corrected chi connectivity index (χ3v) is 7.47. The summed E-state index contributed by atoms with van der Waals surface area (Å²) in [5.74, 6) is -0.135. The van der Waals surface area contributed by atoms with Gasteiger partial charge in [-0.25, -0.2) is 12.7 Å². The molecular formula is C20H29N3O5S. The number of hydrogen-bond donors (Lipinski definition) is 0. The maximum Gasteiger partial charge on any atom is 0.254 e. The Morgan fingerprint density at radius 1 is 1.07 bits per heavy atom. The summed E-state index contributed by atoms with van der Waals surface area (Å²) in [5.41, 5.74) is 0.243. The third-order valence-electron chi connectivity index (χ3n) is 5.64. The molecule has 29 heavy (non-hydrogen) atoms. The maximum absolute atomic E-state index is 13.3. The lowest BCUT2D eigenvalue weighted by Gasteiger charge is -2.37. The van der Waals surface area contributed by atoms with Gasteiger partial charge in [0.05, 0.1) is 7.11 Å². The van der Waals surface area contributed by atoms with E-state index in [9.17, 15) is 18.0 Å². The number of piperidine rings is 1. The summed E-state index contributed by atoms with van der Waals surface area (Å²) in [6.45, 7) is 1.97. The Bertz CT molecular complexity index is 878. The number of carbonyl (C=O) groups is 2. The Kier molecular flexibility index (Phi) is 6.48. The van der Waals surface area contributed by atoms with Crippen molar-refractivity contribution in [2.24, 2.45) is 0 Å². The van der Waals surface area contributed by atoms with Crippen LogP contribution in [-0.4, -0.2) is 81.2 Å². The van der Waals surface area contributed by atoms with Crippen LogP contribution in [0.2, 0.25) is 0 Å². The van der Waals surface area contributed by atoms with Crippen LogP contribution < -0.4 is 4.74 Å². The Morgan fingerprint density at radius 2 is 1.72 bits per heavy atom. The molecule has 8 nitrogen and oxygen atoms in total. The highest BCUT2D eigenvalue weighted by Gasteiger charge is 2.36. The van der Waals surface area contributed by atoms with Gasteiger partial charge in [-0.15, -0.1) is 0 Å². The molecule has 1 unspecified atom stereocenters. The van der Waals surface area contributed by atoms with E-state index in [1.165, 1.54) is 33.3 Å². The van der Waals surface area contributed by atoms with Crippen molar-refractivity contribution in [3.63, 3.8) is 0 Å². The van der Waals surface area contributed by atoms with Gasteiger partial charge in [0.25, 0.3) is 5.91 Å². The average Bonchev–Trinajstić information content (AvgIpc) is 3.27. The van der Waals surface area contributed by atoms with Crippen LogP contribution in [0.25, 0.3) is 0 Å². The molecule has 2 heterocycles. The van der Waals surface area contributed by atoms with Gasteiger partial charge in [0.1, 0.15) is 16.7 Å². The Balaban J connectivity index is 1.92. The minimum Gasteiger partial charge on any atom is -0.495 e. The van der Waals surface area contributed by atoms with Gasteiger partial charge < -0.3 is 14.5 Å². The third kappa shape index (κ3) is 4.25. The van der Waals surface area contributed by atoms with E-state index >= 15 is 0 Å². The van der Waals surface area contributed by atoms with Crippen molar-refractivity contribution in [2.45, 2.75) is 43.0 Å². The molecule has 1 aromatic rings. The van der Waals surface area contributed by atoms with E-state index in [1.54, 1.807) is 11.0 Å². The second kappa shape index (κ2) is 8.71. The van der Waals surface area contributed by atoms with Gasteiger partial charge in [-0.3, -0.25) is 9.59 Å². The summed E-state index contributed by atoms with van der Waals surface area (Å²) in [6, 6.07) is 3.92. The molecule has 3 rings (SSSR count). The molecule has 2 aliphatic heterocycles. The summed E-state index contributed by atoms with van der Waals surface area (Å²) < 4.78 is 31.6. The largest absolute Gasteiger partial charge is 0.495 e. The summed E-state index contributed by atoms with van der Waals surface area (Å²) >= 11 is 0. The van der Waals surface area contributed by atoms with Gasteiger partial charge in [-0.1, -0.05) is 0 Å². The first-order chi connectivity index (χ1) is 13.8. The number of likely N-dealkylation sites (tertiary alicyclic amines) is 2. The van der Waals surface area contributed by atoms with Crippen molar-refractivity contribution in [3.05, 3.63) is 23.8 Å². The molecule has 160 valence electrons. The number of nitrogens with zero attached hydrogens (tertiary/aromatic N) is 3. The molecule has 0 N–H and O–H groups in total. The van der Waals surface area contributed by atoms with E-state index in [4.69, 9.17) is 4.74 Å². The standard InChI is InChI=1S/C20H29N3O5S/c1-21(2)29(26,27)18-14-15(9-10-17(18)28-3)19(24)23-13-5-4-8-16(23)20(25)22-11-6-7-12-22/h9-10,14,16H,4-8,11-13H2,1-3H3. The number of benzene rings is 1. The van der Waals surface area contributed by atoms with Crippen molar-refractivity contribution in [3.8, 4) is 5.75 Å². The minimum atomic E-state index is -3.79. The van der Waals surface area contributed by atoms with E-state index in [1.807, 2.05) is 4.90 Å². The second-order valence-corrected chi connectivity index (χ2v) is 9.82. The first kappa shape index (κ1) is 21.6. The molecule has 2 saturated heterocycles. The van der Waals surface area contributed by atoms with Crippen molar-refractivity contribution >= 4 is 21.8 Å². The second-order valence-electron chi connectivity index (χ2n) is 7.70. The van der Waals surface area contributed by atoms with Gasteiger partial charge in [0, 0.05) is 39.3 Å². The molecular weight excluding hydrogens is 394 g/mol. The van der Waals surface area contributed by atoms with Crippen LogP contribution in [0.3, 0.4) is 0 Å². The van der Waals surface area contributed by atoms with Gasteiger partial charge in [0.2, 0.25) is 15.9 Å². The molecule has 1 aromatic carbocycles. The van der Waals surface area contributed by atoms with Crippen LogP contribution in [0.5, 0.6) is 5.75 Å². The zero-order valence-corrected chi connectivity index (χ0v) is 18.1. The quantitative estimate of drug-likeness (QED) is 0.717. The van der Waals surface area contributed by atoms with E-state index in [-0.39, 0.29) is 28.0 Å². The van der Waals surface area contributed by atoms with Crippen molar-refractivity contribution in [1.29, 1.82) is 0 Å². The fraction of sp³-hybridized carbons (Fsp3) is 0.600. The lowest BCUT2D eigenvalue weighted by atomic mass is 9.99. The lowest BCUT2D eigenvalue weighted by molar-refractivity contribution is -0.136. The van der Waals surface area contributed by atoms with Crippen LogP contribution in [-0.2, 0) is 14.8 Å². The summed E-state index contributed by atoms with van der Waals surface area (Å²) in [4.78, 5) is 29.6. The van der Waals surface area contributed by atoms with E-state index in [0.29, 0.717) is 13.0 Å². The molecule has 0 aliphatic carbocycles. The zero-order chi connectivity index (χ0) is 21.2. The highest BCUT2D eigenvalue weighted by atomic mass is 32.2. The Morgan fingerprint density at radius 3 is 2.34 bits per heavy atom. The summed E-state index contributed by atoms with van der Waals surface area (Å²) in [6.07, 6.45) is 4.36. The molecule has 0 spiro atoms. The van der Waals surface area contributed by atoms with E-state index in [2.05, 4.69) is 0 Å². The Labute approximate surface area is 172 Å². The van der Waals surface area contributed by atoms with E-state index < -0.39 is 16.1 Å². The molecule has 2 aliphatic rings. The van der Waals surface area contributed by atoms with E-state index in [0.717, 1.165) is 43.1 Å². The number of amides is 2. The van der Waals surface area contributed by atoms with Crippen molar-refractivity contribution in [1.82, 2.24) is 14.1 Å². The van der Waals surface area contributed by atoms with Gasteiger partial charge in [-0.05, 0) is 50.3 Å². The number of methoxy groups -OCH3 is 1. The molecule has 0 radical (unpaired) electrons. The molecule has 2 fully saturated rings.